The number of carbonyl (C=O) groups excluding carboxylic acids is 1. The van der Waals surface area contributed by atoms with Gasteiger partial charge in [0.15, 0.2) is 6.61 Å². The Morgan fingerprint density at radius 3 is 2.19 bits per heavy atom. The zero-order valence-electron chi connectivity index (χ0n) is 15.6. The van der Waals surface area contributed by atoms with E-state index in [1.807, 2.05) is 17.0 Å². The van der Waals surface area contributed by atoms with Gasteiger partial charge in [-0.25, -0.2) is 0 Å². The number of rotatable bonds is 5. The van der Waals surface area contributed by atoms with Crippen molar-refractivity contribution in [3.63, 3.8) is 0 Å². The number of hydrogen-bond acceptors (Lipinski definition) is 3. The first kappa shape index (κ1) is 20.0. The van der Waals surface area contributed by atoms with Crippen molar-refractivity contribution < 1.29 is 9.53 Å². The number of halogens is 2. The first-order valence-electron chi connectivity index (χ1n) is 9.08. The van der Waals surface area contributed by atoms with Gasteiger partial charge in [-0.15, -0.1) is 0 Å². The summed E-state index contributed by atoms with van der Waals surface area (Å²) >= 11 is 11.8. The van der Waals surface area contributed by atoms with E-state index < -0.39 is 0 Å². The van der Waals surface area contributed by atoms with E-state index in [0.29, 0.717) is 17.3 Å². The van der Waals surface area contributed by atoms with Crippen LogP contribution >= 0.6 is 23.2 Å². The van der Waals surface area contributed by atoms with E-state index in [1.165, 1.54) is 5.56 Å². The number of benzene rings is 2. The van der Waals surface area contributed by atoms with Crippen LogP contribution in [0.15, 0.2) is 48.5 Å². The van der Waals surface area contributed by atoms with Crippen molar-refractivity contribution in [3.05, 3.63) is 64.1 Å². The van der Waals surface area contributed by atoms with Gasteiger partial charge in [0.2, 0.25) is 0 Å². The van der Waals surface area contributed by atoms with Crippen LogP contribution < -0.4 is 4.74 Å². The minimum Gasteiger partial charge on any atom is -0.484 e. The molecule has 0 saturated carbocycles. The normalized spacial score (nSPS) is 20.5. The van der Waals surface area contributed by atoms with Crippen molar-refractivity contribution in [1.82, 2.24) is 9.80 Å². The van der Waals surface area contributed by atoms with E-state index in [-0.39, 0.29) is 24.6 Å². The van der Waals surface area contributed by atoms with Gasteiger partial charge in [0.1, 0.15) is 5.75 Å². The molecular weight excluding hydrogens is 383 g/mol. The molecule has 1 heterocycles. The average Bonchev–Trinajstić information content (AvgIpc) is 2.65. The Labute approximate surface area is 170 Å². The van der Waals surface area contributed by atoms with Crippen molar-refractivity contribution >= 4 is 29.1 Å². The molecule has 0 bridgehead atoms. The predicted molar refractivity (Wildman–Crippen MR) is 109 cm³/mol. The first-order chi connectivity index (χ1) is 12.9. The van der Waals surface area contributed by atoms with Crippen LogP contribution in [0.4, 0.5) is 0 Å². The number of carbonyl (C=O) groups is 1. The van der Waals surface area contributed by atoms with Gasteiger partial charge < -0.3 is 9.64 Å². The number of hydrogen-bond donors (Lipinski definition) is 0. The summed E-state index contributed by atoms with van der Waals surface area (Å²) in [6.07, 6.45) is 0. The molecule has 0 radical (unpaired) electrons. The molecule has 0 N–H and O–H groups in total. The number of nitrogens with zero attached hydrogens (tertiary/aromatic N) is 2. The van der Waals surface area contributed by atoms with Crippen LogP contribution in [0.5, 0.6) is 5.75 Å². The molecule has 0 aromatic heterocycles. The second kappa shape index (κ2) is 8.96. The Morgan fingerprint density at radius 1 is 0.963 bits per heavy atom. The van der Waals surface area contributed by atoms with Gasteiger partial charge in [-0.1, -0.05) is 35.3 Å². The third-order valence-corrected chi connectivity index (χ3v) is 5.41. The molecule has 1 saturated heterocycles. The van der Waals surface area contributed by atoms with Crippen LogP contribution in [0.2, 0.25) is 10.0 Å². The Morgan fingerprint density at radius 2 is 1.56 bits per heavy atom. The fourth-order valence-electron chi connectivity index (χ4n) is 3.35. The Bertz CT molecular complexity index is 765. The predicted octanol–water partition coefficient (Wildman–Crippen LogP) is 4.49. The van der Waals surface area contributed by atoms with Crippen molar-refractivity contribution in [2.24, 2.45) is 0 Å². The highest BCUT2D eigenvalue weighted by molar-refractivity contribution is 6.30. The molecule has 0 aliphatic carbocycles. The molecule has 2 aromatic carbocycles. The molecule has 144 valence electrons. The maximum absolute atomic E-state index is 12.6. The molecule has 1 aliphatic heterocycles. The van der Waals surface area contributed by atoms with Gasteiger partial charge in [-0.05, 0) is 55.8 Å². The fourth-order valence-corrected chi connectivity index (χ4v) is 3.60. The molecular formula is C21H24Cl2N2O2. The first-order valence-corrected chi connectivity index (χ1v) is 9.84. The Hall–Kier alpha value is -1.75. The van der Waals surface area contributed by atoms with E-state index in [1.54, 1.807) is 24.3 Å². The zero-order chi connectivity index (χ0) is 19.4. The third-order valence-electron chi connectivity index (χ3n) is 4.91. The third kappa shape index (κ3) is 5.38. The summed E-state index contributed by atoms with van der Waals surface area (Å²) in [5, 5.41) is 1.39. The van der Waals surface area contributed by atoms with Crippen LogP contribution in [-0.2, 0) is 11.3 Å². The molecule has 6 heteroatoms. The van der Waals surface area contributed by atoms with E-state index >= 15 is 0 Å². The number of ether oxygens (including phenoxy) is 1. The van der Waals surface area contributed by atoms with Crippen LogP contribution in [0.25, 0.3) is 0 Å². The molecule has 0 spiro atoms. The molecule has 1 amide bonds. The van der Waals surface area contributed by atoms with E-state index in [0.717, 1.165) is 18.1 Å². The quantitative estimate of drug-likeness (QED) is 0.732. The lowest BCUT2D eigenvalue weighted by Crippen LogP contribution is -2.58. The Kier molecular flexibility index (Phi) is 6.64. The van der Waals surface area contributed by atoms with Gasteiger partial charge in [-0.2, -0.15) is 0 Å². The summed E-state index contributed by atoms with van der Waals surface area (Å²) < 4.78 is 5.62. The number of amides is 1. The summed E-state index contributed by atoms with van der Waals surface area (Å²) in [5.41, 5.74) is 1.23. The zero-order valence-corrected chi connectivity index (χ0v) is 17.1. The molecule has 2 atom stereocenters. The molecule has 27 heavy (non-hydrogen) atoms. The van der Waals surface area contributed by atoms with Crippen LogP contribution in [-0.4, -0.2) is 47.5 Å². The molecule has 2 aromatic rings. The van der Waals surface area contributed by atoms with Crippen molar-refractivity contribution in [2.75, 3.05) is 19.7 Å². The molecule has 0 unspecified atom stereocenters. The topological polar surface area (TPSA) is 32.8 Å². The summed E-state index contributed by atoms with van der Waals surface area (Å²) in [4.78, 5) is 17.0. The van der Waals surface area contributed by atoms with Crippen LogP contribution in [0.3, 0.4) is 0 Å². The van der Waals surface area contributed by atoms with E-state index in [2.05, 4.69) is 30.9 Å². The second-order valence-corrected chi connectivity index (χ2v) is 7.92. The minimum absolute atomic E-state index is 0.00967. The summed E-state index contributed by atoms with van der Waals surface area (Å²) in [6, 6.07) is 15.4. The second-order valence-electron chi connectivity index (χ2n) is 7.04. The van der Waals surface area contributed by atoms with E-state index in [4.69, 9.17) is 27.9 Å². The average molecular weight is 407 g/mol. The highest BCUT2D eigenvalue weighted by atomic mass is 35.5. The summed E-state index contributed by atoms with van der Waals surface area (Å²) in [7, 11) is 0. The monoisotopic (exact) mass is 406 g/mol. The van der Waals surface area contributed by atoms with Gasteiger partial charge in [0.25, 0.3) is 5.91 Å². The van der Waals surface area contributed by atoms with Gasteiger partial charge in [0, 0.05) is 41.8 Å². The maximum atomic E-state index is 12.6. The highest BCUT2D eigenvalue weighted by Crippen LogP contribution is 2.20. The van der Waals surface area contributed by atoms with Gasteiger partial charge in [-0.3, -0.25) is 9.69 Å². The smallest absolute Gasteiger partial charge is 0.260 e. The Balaban J connectivity index is 1.54. The molecule has 1 aliphatic rings. The molecule has 3 rings (SSSR count). The largest absolute Gasteiger partial charge is 0.484 e. The standard InChI is InChI=1S/C21H24Cl2N2O2/c1-15-12-25(21(26)14-27-20-9-7-19(23)8-10-20)16(2)11-24(15)13-17-3-5-18(22)6-4-17/h3-10,15-16H,11-14H2,1-2H3/t15-,16+/m0/s1. The van der Waals surface area contributed by atoms with Crippen molar-refractivity contribution in [1.29, 1.82) is 0 Å². The maximum Gasteiger partial charge on any atom is 0.260 e. The molecule has 1 fully saturated rings. The highest BCUT2D eigenvalue weighted by Gasteiger charge is 2.32. The van der Waals surface area contributed by atoms with Crippen molar-refractivity contribution in [3.8, 4) is 5.75 Å². The summed E-state index contributed by atoms with van der Waals surface area (Å²) in [6.45, 7) is 6.65. The van der Waals surface area contributed by atoms with Crippen LogP contribution in [0.1, 0.15) is 19.4 Å². The summed E-state index contributed by atoms with van der Waals surface area (Å²) in [5.74, 6) is 0.658. The van der Waals surface area contributed by atoms with Gasteiger partial charge in [0.05, 0.1) is 0 Å². The fraction of sp³-hybridized carbons (Fsp3) is 0.381. The van der Waals surface area contributed by atoms with Crippen LogP contribution in [0, 0.1) is 0 Å². The lowest BCUT2D eigenvalue weighted by Gasteiger charge is -2.44. The SMILES string of the molecule is C[C@@H]1CN(Cc2ccc(Cl)cc2)[C@@H](C)CN1C(=O)COc1ccc(Cl)cc1. The number of piperazine rings is 1. The van der Waals surface area contributed by atoms with Gasteiger partial charge >= 0.3 is 0 Å². The lowest BCUT2D eigenvalue weighted by atomic mass is 10.1. The molecule has 4 nitrogen and oxygen atoms in total. The minimum atomic E-state index is 0.00967. The van der Waals surface area contributed by atoms with Crippen molar-refractivity contribution in [2.45, 2.75) is 32.5 Å². The lowest BCUT2D eigenvalue weighted by molar-refractivity contribution is -0.139. The van der Waals surface area contributed by atoms with E-state index in [9.17, 15) is 4.79 Å².